The molecule has 7 nitrogen and oxygen atoms in total. The van der Waals surface area contributed by atoms with E-state index in [9.17, 15) is 14.9 Å². The summed E-state index contributed by atoms with van der Waals surface area (Å²) < 4.78 is 10.7. The number of esters is 1. The highest BCUT2D eigenvalue weighted by Gasteiger charge is 2.35. The first-order valence-corrected chi connectivity index (χ1v) is 8.69. The van der Waals surface area contributed by atoms with E-state index in [-0.39, 0.29) is 11.4 Å². The molecule has 1 aliphatic rings. The molecule has 1 N–H and O–H groups in total. The third-order valence-corrected chi connectivity index (χ3v) is 4.33. The number of pyridine rings is 1. The van der Waals surface area contributed by atoms with Crippen molar-refractivity contribution in [2.75, 3.05) is 6.61 Å². The van der Waals surface area contributed by atoms with E-state index in [0.29, 0.717) is 18.6 Å². The maximum Gasteiger partial charge on any atom is 0.344 e. The standard InChI is InChI=1S/C20H19N3O4/c21-14-20(10-4-5-11-20)23-17(24)13-26-19(25)16-9-6-12-22-18(16)27-15-7-2-1-3-8-15/h1-3,6-9,12H,4-5,10-11,13H2,(H,23,24). The Morgan fingerprint density at radius 2 is 1.89 bits per heavy atom. The smallest absolute Gasteiger partial charge is 0.344 e. The number of aromatic nitrogens is 1. The number of carbonyl (C=O) groups is 2. The molecule has 0 radical (unpaired) electrons. The molecule has 0 unspecified atom stereocenters. The van der Waals surface area contributed by atoms with E-state index in [0.717, 1.165) is 12.8 Å². The number of hydrogen-bond donors (Lipinski definition) is 1. The quantitative estimate of drug-likeness (QED) is 0.790. The number of hydrogen-bond acceptors (Lipinski definition) is 6. The molecule has 1 aromatic carbocycles. The number of carbonyl (C=O) groups excluding carboxylic acids is 2. The van der Waals surface area contributed by atoms with Crippen molar-refractivity contribution < 1.29 is 19.1 Å². The molecule has 1 amide bonds. The summed E-state index contributed by atoms with van der Waals surface area (Å²) in [6.45, 7) is -0.470. The summed E-state index contributed by atoms with van der Waals surface area (Å²) in [4.78, 5) is 28.5. The van der Waals surface area contributed by atoms with Gasteiger partial charge in [0.05, 0.1) is 6.07 Å². The van der Waals surface area contributed by atoms with Crippen LogP contribution in [0.4, 0.5) is 0 Å². The normalized spacial score (nSPS) is 14.8. The van der Waals surface area contributed by atoms with Crippen LogP contribution in [0.25, 0.3) is 0 Å². The average Bonchev–Trinajstić information content (AvgIpc) is 3.16. The van der Waals surface area contributed by atoms with Crippen LogP contribution in [0.2, 0.25) is 0 Å². The lowest BCUT2D eigenvalue weighted by Gasteiger charge is -2.21. The number of rotatable bonds is 6. The van der Waals surface area contributed by atoms with Gasteiger partial charge in [0.1, 0.15) is 16.9 Å². The first-order chi connectivity index (χ1) is 13.1. The highest BCUT2D eigenvalue weighted by molar-refractivity contribution is 5.93. The number of ether oxygens (including phenoxy) is 2. The molecule has 0 bridgehead atoms. The Morgan fingerprint density at radius 1 is 1.15 bits per heavy atom. The summed E-state index contributed by atoms with van der Waals surface area (Å²) in [6.07, 6.45) is 4.51. The summed E-state index contributed by atoms with van der Waals surface area (Å²) >= 11 is 0. The first-order valence-electron chi connectivity index (χ1n) is 8.69. The minimum atomic E-state index is -0.848. The summed E-state index contributed by atoms with van der Waals surface area (Å²) in [7, 11) is 0. The van der Waals surface area contributed by atoms with E-state index in [1.807, 2.05) is 6.07 Å². The number of nitriles is 1. The largest absolute Gasteiger partial charge is 0.452 e. The van der Waals surface area contributed by atoms with E-state index in [1.165, 1.54) is 12.3 Å². The number of nitrogens with zero attached hydrogens (tertiary/aromatic N) is 2. The predicted octanol–water partition coefficient (Wildman–Crippen LogP) is 2.98. The van der Waals surface area contributed by atoms with Crippen LogP contribution in [0.15, 0.2) is 48.7 Å². The Labute approximate surface area is 156 Å². The van der Waals surface area contributed by atoms with Crippen molar-refractivity contribution in [2.45, 2.75) is 31.2 Å². The van der Waals surface area contributed by atoms with Gasteiger partial charge in [0.2, 0.25) is 5.88 Å². The Hall–Kier alpha value is -3.40. The highest BCUT2D eigenvalue weighted by Crippen LogP contribution is 2.28. The van der Waals surface area contributed by atoms with Gasteiger partial charge in [-0.1, -0.05) is 18.2 Å². The van der Waals surface area contributed by atoms with Crippen LogP contribution in [-0.4, -0.2) is 29.0 Å². The fraction of sp³-hybridized carbons (Fsp3) is 0.300. The van der Waals surface area contributed by atoms with Crippen molar-refractivity contribution in [1.29, 1.82) is 5.26 Å². The van der Waals surface area contributed by atoms with Crippen LogP contribution in [0.5, 0.6) is 11.6 Å². The number of amides is 1. The lowest BCUT2D eigenvalue weighted by atomic mass is 10.00. The molecule has 0 spiro atoms. The summed E-state index contributed by atoms with van der Waals surface area (Å²) in [5.74, 6) is -0.596. The van der Waals surface area contributed by atoms with Crippen molar-refractivity contribution >= 4 is 11.9 Å². The third-order valence-electron chi connectivity index (χ3n) is 4.33. The molecule has 2 aromatic rings. The summed E-state index contributed by atoms with van der Waals surface area (Å²) in [6, 6.07) is 14.2. The zero-order valence-corrected chi connectivity index (χ0v) is 14.7. The SMILES string of the molecule is N#CC1(NC(=O)COC(=O)c2cccnc2Oc2ccccc2)CCCC1. The van der Waals surface area contributed by atoms with Crippen LogP contribution in [0, 0.1) is 11.3 Å². The van der Waals surface area contributed by atoms with Crippen LogP contribution in [0.1, 0.15) is 36.0 Å². The molecule has 1 aromatic heterocycles. The van der Waals surface area contributed by atoms with E-state index < -0.39 is 24.0 Å². The van der Waals surface area contributed by atoms with Crippen LogP contribution < -0.4 is 10.1 Å². The fourth-order valence-corrected chi connectivity index (χ4v) is 2.98. The average molecular weight is 365 g/mol. The molecular formula is C20H19N3O4. The topological polar surface area (TPSA) is 101 Å². The monoisotopic (exact) mass is 365 g/mol. The van der Waals surface area contributed by atoms with Gasteiger partial charge in [0.15, 0.2) is 6.61 Å². The molecule has 0 atom stereocenters. The number of benzene rings is 1. The fourth-order valence-electron chi connectivity index (χ4n) is 2.98. The van der Waals surface area contributed by atoms with Crippen molar-refractivity contribution in [3.05, 3.63) is 54.2 Å². The minimum Gasteiger partial charge on any atom is -0.452 e. The van der Waals surface area contributed by atoms with E-state index >= 15 is 0 Å². The van der Waals surface area contributed by atoms with Crippen LogP contribution >= 0.6 is 0 Å². The third kappa shape index (κ3) is 4.61. The van der Waals surface area contributed by atoms with E-state index in [4.69, 9.17) is 9.47 Å². The van der Waals surface area contributed by atoms with Gasteiger partial charge in [-0.25, -0.2) is 9.78 Å². The van der Waals surface area contributed by atoms with Gasteiger partial charge in [-0.15, -0.1) is 0 Å². The Balaban J connectivity index is 1.61. The van der Waals surface area contributed by atoms with Gasteiger partial charge >= 0.3 is 5.97 Å². The van der Waals surface area contributed by atoms with Crippen molar-refractivity contribution in [3.8, 4) is 17.7 Å². The Kier molecular flexibility index (Phi) is 5.67. The van der Waals surface area contributed by atoms with Gasteiger partial charge in [-0.3, -0.25) is 4.79 Å². The van der Waals surface area contributed by atoms with Crippen molar-refractivity contribution in [2.24, 2.45) is 0 Å². The molecule has 1 saturated carbocycles. The Morgan fingerprint density at radius 3 is 2.59 bits per heavy atom. The molecule has 1 fully saturated rings. The molecule has 27 heavy (non-hydrogen) atoms. The lowest BCUT2D eigenvalue weighted by Crippen LogP contribution is -2.46. The highest BCUT2D eigenvalue weighted by atomic mass is 16.5. The maximum absolute atomic E-state index is 12.4. The number of para-hydroxylation sites is 1. The second-order valence-corrected chi connectivity index (χ2v) is 6.30. The molecule has 0 saturated heterocycles. The van der Waals surface area contributed by atoms with Crippen molar-refractivity contribution in [1.82, 2.24) is 10.3 Å². The molecule has 7 heteroatoms. The zero-order valence-electron chi connectivity index (χ0n) is 14.7. The molecule has 3 rings (SSSR count). The van der Waals surface area contributed by atoms with Gasteiger partial charge in [-0.05, 0) is 49.9 Å². The van der Waals surface area contributed by atoms with Crippen molar-refractivity contribution in [3.63, 3.8) is 0 Å². The Bertz CT molecular complexity index is 855. The van der Waals surface area contributed by atoms with E-state index in [2.05, 4.69) is 16.4 Å². The van der Waals surface area contributed by atoms with Gasteiger partial charge < -0.3 is 14.8 Å². The zero-order chi connectivity index (χ0) is 19.1. The lowest BCUT2D eigenvalue weighted by molar-refractivity contribution is -0.125. The number of nitrogens with one attached hydrogen (secondary N) is 1. The first kappa shape index (κ1) is 18.4. The molecule has 138 valence electrons. The molecule has 0 aliphatic heterocycles. The van der Waals surface area contributed by atoms with Gasteiger partial charge in [0.25, 0.3) is 5.91 Å². The maximum atomic E-state index is 12.4. The minimum absolute atomic E-state index is 0.0957. The summed E-state index contributed by atoms with van der Waals surface area (Å²) in [5.41, 5.74) is -0.732. The van der Waals surface area contributed by atoms with Gasteiger partial charge in [-0.2, -0.15) is 5.26 Å². The summed E-state index contributed by atoms with van der Waals surface area (Å²) in [5, 5.41) is 12.0. The van der Waals surface area contributed by atoms with E-state index in [1.54, 1.807) is 30.3 Å². The molecule has 1 aliphatic carbocycles. The predicted molar refractivity (Wildman–Crippen MR) is 96.0 cm³/mol. The molecular weight excluding hydrogens is 346 g/mol. The second-order valence-electron chi connectivity index (χ2n) is 6.30. The molecule has 1 heterocycles. The second kappa shape index (κ2) is 8.32. The van der Waals surface area contributed by atoms with Gasteiger partial charge in [0, 0.05) is 6.20 Å². The van der Waals surface area contributed by atoms with Crippen LogP contribution in [0.3, 0.4) is 0 Å². The van der Waals surface area contributed by atoms with Crippen LogP contribution in [-0.2, 0) is 9.53 Å².